The van der Waals surface area contributed by atoms with Crippen LogP contribution in [0.4, 0.5) is 4.79 Å². The summed E-state index contributed by atoms with van der Waals surface area (Å²) in [5.74, 6) is -0.990. The molecule has 0 unspecified atom stereocenters. The van der Waals surface area contributed by atoms with Crippen LogP contribution in [0.5, 0.6) is 0 Å². The quantitative estimate of drug-likeness (QED) is 0.737. The van der Waals surface area contributed by atoms with Crippen LogP contribution in [-0.4, -0.2) is 38.1 Å². The van der Waals surface area contributed by atoms with Crippen molar-refractivity contribution in [1.82, 2.24) is 25.6 Å². The number of amides is 2. The molecule has 1 fully saturated rings. The highest BCUT2D eigenvalue weighted by molar-refractivity contribution is 5.75. The maximum atomic E-state index is 11.9. The van der Waals surface area contributed by atoms with Gasteiger partial charge in [-0.05, 0) is 10.8 Å². The Morgan fingerprint density at radius 1 is 1.33 bits per heavy atom. The Kier molecular flexibility index (Phi) is 3.65. The second-order valence-electron chi connectivity index (χ2n) is 6.50. The van der Waals surface area contributed by atoms with Crippen molar-refractivity contribution >= 4 is 12.0 Å². The van der Waals surface area contributed by atoms with Gasteiger partial charge < -0.3 is 15.7 Å². The van der Waals surface area contributed by atoms with E-state index in [-0.39, 0.29) is 36.0 Å². The molecular weight excluding hydrogens is 274 g/mol. The van der Waals surface area contributed by atoms with Crippen LogP contribution in [0.1, 0.15) is 33.4 Å². The lowest BCUT2D eigenvalue weighted by Crippen LogP contribution is -2.38. The van der Waals surface area contributed by atoms with Gasteiger partial charge in [0.25, 0.3) is 0 Å². The van der Waals surface area contributed by atoms with Gasteiger partial charge in [0.15, 0.2) is 0 Å². The first kappa shape index (κ1) is 15.3. The van der Waals surface area contributed by atoms with Gasteiger partial charge in [-0.25, -0.2) is 9.48 Å². The molecular formula is C13H21N5O3. The maximum absolute atomic E-state index is 11.9. The molecule has 1 aliphatic carbocycles. The molecule has 3 N–H and O–H groups in total. The summed E-state index contributed by atoms with van der Waals surface area (Å²) >= 11 is 0. The highest BCUT2D eigenvalue weighted by atomic mass is 16.4. The molecule has 1 aliphatic rings. The summed E-state index contributed by atoms with van der Waals surface area (Å²) in [6.07, 6.45) is 1.50. The summed E-state index contributed by atoms with van der Waals surface area (Å²) in [6, 6.07) is -0.126. The van der Waals surface area contributed by atoms with Crippen LogP contribution in [0.2, 0.25) is 0 Å². The minimum Gasteiger partial charge on any atom is -0.480 e. The zero-order valence-corrected chi connectivity index (χ0v) is 12.7. The van der Waals surface area contributed by atoms with Crippen LogP contribution < -0.4 is 10.6 Å². The molecule has 1 saturated carbocycles. The molecule has 1 heterocycles. The number of hydrogen-bond donors (Lipinski definition) is 3. The van der Waals surface area contributed by atoms with E-state index in [1.165, 1.54) is 10.9 Å². The first-order valence-corrected chi connectivity index (χ1v) is 6.80. The van der Waals surface area contributed by atoms with Gasteiger partial charge in [-0.3, -0.25) is 4.79 Å². The molecule has 8 heteroatoms. The Hall–Kier alpha value is -2.12. The van der Waals surface area contributed by atoms with Crippen molar-refractivity contribution in [2.45, 2.75) is 46.8 Å². The summed E-state index contributed by atoms with van der Waals surface area (Å²) in [4.78, 5) is 22.4. The summed E-state index contributed by atoms with van der Waals surface area (Å²) in [6.45, 7) is 8.44. The number of carbonyl (C=O) groups is 2. The van der Waals surface area contributed by atoms with E-state index in [2.05, 4.69) is 48.6 Å². The number of carboxylic acids is 1. The number of urea groups is 1. The molecule has 21 heavy (non-hydrogen) atoms. The normalized spacial score (nSPS) is 19.0. The lowest BCUT2D eigenvalue weighted by molar-refractivity contribution is -0.137. The van der Waals surface area contributed by atoms with Crippen molar-refractivity contribution in [2.75, 3.05) is 0 Å². The fourth-order valence-electron chi connectivity index (χ4n) is 2.55. The number of rotatable bonds is 5. The van der Waals surface area contributed by atoms with Crippen LogP contribution in [0.25, 0.3) is 0 Å². The molecule has 1 aromatic heterocycles. The lowest BCUT2D eigenvalue weighted by atomic mass is 10.0. The van der Waals surface area contributed by atoms with Crippen molar-refractivity contribution in [1.29, 1.82) is 0 Å². The van der Waals surface area contributed by atoms with Crippen molar-refractivity contribution in [3.8, 4) is 0 Å². The standard InChI is InChI=1S/C13H21N5O3/c1-12(2)10(13(12,3)4)15-11(21)14-5-8-6-18(17-16-8)7-9(19)20/h6,10H,5,7H2,1-4H3,(H,19,20)(H2,14,15,21). The predicted molar refractivity (Wildman–Crippen MR) is 74.4 cm³/mol. The summed E-state index contributed by atoms with van der Waals surface area (Å²) < 4.78 is 1.21. The van der Waals surface area contributed by atoms with Gasteiger partial charge in [-0.15, -0.1) is 5.10 Å². The van der Waals surface area contributed by atoms with Crippen LogP contribution in [0.3, 0.4) is 0 Å². The summed E-state index contributed by atoms with van der Waals surface area (Å²) in [5, 5.41) is 21.7. The average molecular weight is 295 g/mol. The highest BCUT2D eigenvalue weighted by Gasteiger charge is 2.65. The molecule has 0 aliphatic heterocycles. The number of aliphatic carboxylic acids is 1. The Balaban J connectivity index is 1.80. The Morgan fingerprint density at radius 3 is 2.48 bits per heavy atom. The largest absolute Gasteiger partial charge is 0.480 e. The molecule has 0 aromatic carbocycles. The molecule has 116 valence electrons. The summed E-state index contributed by atoms with van der Waals surface area (Å²) in [7, 11) is 0. The van der Waals surface area contributed by atoms with Crippen LogP contribution in [-0.2, 0) is 17.9 Å². The molecule has 0 spiro atoms. The number of nitrogens with zero attached hydrogens (tertiary/aromatic N) is 3. The fourth-order valence-corrected chi connectivity index (χ4v) is 2.55. The molecule has 8 nitrogen and oxygen atoms in total. The minimum atomic E-state index is -0.990. The minimum absolute atomic E-state index is 0.0783. The van der Waals surface area contributed by atoms with Gasteiger partial charge in [-0.2, -0.15) is 0 Å². The molecule has 0 radical (unpaired) electrons. The molecule has 0 atom stereocenters. The Morgan fingerprint density at radius 2 is 1.95 bits per heavy atom. The molecule has 0 saturated heterocycles. The molecule has 1 aromatic rings. The predicted octanol–water partition coefficient (Wildman–Crippen LogP) is 0.596. The van der Waals surface area contributed by atoms with Gasteiger partial charge in [-0.1, -0.05) is 32.9 Å². The van der Waals surface area contributed by atoms with E-state index in [1.54, 1.807) is 0 Å². The Bertz CT molecular complexity index is 550. The van der Waals surface area contributed by atoms with Crippen LogP contribution in [0.15, 0.2) is 6.20 Å². The number of hydrogen-bond acceptors (Lipinski definition) is 4. The third-order valence-corrected chi connectivity index (χ3v) is 4.61. The first-order valence-electron chi connectivity index (χ1n) is 6.80. The van der Waals surface area contributed by atoms with E-state index in [0.29, 0.717) is 5.69 Å². The van der Waals surface area contributed by atoms with Crippen LogP contribution in [0, 0.1) is 10.8 Å². The van der Waals surface area contributed by atoms with Gasteiger partial charge in [0.05, 0.1) is 12.7 Å². The number of nitrogens with one attached hydrogen (secondary N) is 2. The van der Waals surface area contributed by atoms with Gasteiger partial charge in [0.1, 0.15) is 12.2 Å². The smallest absolute Gasteiger partial charge is 0.325 e. The molecule has 0 bridgehead atoms. The maximum Gasteiger partial charge on any atom is 0.325 e. The Labute approximate surface area is 122 Å². The van der Waals surface area contributed by atoms with Gasteiger partial charge in [0, 0.05) is 6.04 Å². The SMILES string of the molecule is CC1(C)C(NC(=O)NCc2cn(CC(=O)O)nn2)C1(C)C. The van der Waals surface area contributed by atoms with Crippen LogP contribution >= 0.6 is 0 Å². The lowest BCUT2D eigenvalue weighted by Gasteiger charge is -2.07. The molecule has 2 rings (SSSR count). The number of aromatic nitrogens is 3. The van der Waals surface area contributed by atoms with Gasteiger partial charge in [0.2, 0.25) is 0 Å². The second kappa shape index (κ2) is 5.01. The zero-order valence-electron chi connectivity index (χ0n) is 12.7. The highest BCUT2D eigenvalue weighted by Crippen LogP contribution is 2.62. The summed E-state index contributed by atoms with van der Waals surface area (Å²) in [5.41, 5.74) is 0.671. The van der Waals surface area contributed by atoms with E-state index >= 15 is 0 Å². The average Bonchev–Trinajstić information content (AvgIpc) is 2.71. The second-order valence-corrected chi connectivity index (χ2v) is 6.50. The van der Waals surface area contributed by atoms with Crippen molar-refractivity contribution in [3.63, 3.8) is 0 Å². The fraction of sp³-hybridized carbons (Fsp3) is 0.692. The van der Waals surface area contributed by atoms with E-state index in [1.807, 2.05) is 0 Å². The topological polar surface area (TPSA) is 109 Å². The third-order valence-electron chi connectivity index (χ3n) is 4.61. The van der Waals surface area contributed by atoms with E-state index in [9.17, 15) is 9.59 Å². The van der Waals surface area contributed by atoms with Crippen molar-refractivity contribution in [2.24, 2.45) is 10.8 Å². The monoisotopic (exact) mass is 295 g/mol. The number of carboxylic acid groups (broad SMARTS) is 1. The number of carbonyl (C=O) groups excluding carboxylic acids is 1. The third kappa shape index (κ3) is 2.98. The van der Waals surface area contributed by atoms with Gasteiger partial charge >= 0.3 is 12.0 Å². The van der Waals surface area contributed by atoms with E-state index in [4.69, 9.17) is 5.11 Å². The molecule has 2 amide bonds. The zero-order chi connectivity index (χ0) is 15.8. The van der Waals surface area contributed by atoms with Crippen molar-refractivity contribution < 1.29 is 14.7 Å². The van der Waals surface area contributed by atoms with E-state index in [0.717, 1.165) is 0 Å². The van der Waals surface area contributed by atoms with Crippen molar-refractivity contribution in [3.05, 3.63) is 11.9 Å². The van der Waals surface area contributed by atoms with E-state index < -0.39 is 5.97 Å². The first-order chi connectivity index (χ1) is 9.64.